The molecule has 0 rings (SSSR count). The quantitative estimate of drug-likeness (QED) is 0.281. The zero-order valence-corrected chi connectivity index (χ0v) is 5.59. The first-order chi connectivity index (χ1) is 4.24. The van der Waals surface area contributed by atoms with Crippen LogP contribution in [0.5, 0.6) is 0 Å². The average Bonchev–Trinajstić information content (AvgIpc) is 1.95. The molecule has 0 aromatic rings. The molecule has 5 N–H and O–H groups in total. The lowest BCUT2D eigenvalue weighted by Crippen LogP contribution is -2.54. The number of aliphatic hydroxyl groups excluding tert-OH is 2. The van der Waals surface area contributed by atoms with Gasteiger partial charge in [-0.05, 0) is 6.42 Å². The van der Waals surface area contributed by atoms with Gasteiger partial charge >= 0.3 is 0 Å². The van der Waals surface area contributed by atoms with Gasteiger partial charge in [-0.15, -0.1) is 0 Å². The van der Waals surface area contributed by atoms with Gasteiger partial charge in [0.1, 0.15) is 0 Å². The molecule has 56 valence electrons. The van der Waals surface area contributed by atoms with Crippen LogP contribution < -0.4 is 11.3 Å². The summed E-state index contributed by atoms with van der Waals surface area (Å²) in [5.74, 6) is 5.07. The van der Waals surface area contributed by atoms with E-state index in [1.807, 2.05) is 6.92 Å². The third kappa shape index (κ3) is 1.91. The third-order valence-electron chi connectivity index (χ3n) is 1.59. The Hall–Kier alpha value is -0.160. The summed E-state index contributed by atoms with van der Waals surface area (Å²) in [4.78, 5) is 0. The first kappa shape index (κ1) is 8.84. The Labute approximate surface area is 54.6 Å². The van der Waals surface area contributed by atoms with Crippen LogP contribution in [-0.4, -0.2) is 29.0 Å². The van der Waals surface area contributed by atoms with Gasteiger partial charge in [0.25, 0.3) is 0 Å². The molecule has 0 saturated carbocycles. The number of nitrogens with one attached hydrogen (secondary N) is 1. The number of hydrogen-bond acceptors (Lipinski definition) is 4. The molecule has 0 spiro atoms. The van der Waals surface area contributed by atoms with E-state index in [0.717, 1.165) is 0 Å². The first-order valence-corrected chi connectivity index (χ1v) is 2.94. The molecule has 0 unspecified atom stereocenters. The molecular formula is C5H14N2O2. The number of nitrogens with two attached hydrogens (primary N) is 1. The van der Waals surface area contributed by atoms with E-state index in [9.17, 15) is 0 Å². The molecule has 9 heavy (non-hydrogen) atoms. The molecule has 0 fully saturated rings. The molecule has 4 nitrogen and oxygen atoms in total. The van der Waals surface area contributed by atoms with Crippen LogP contribution in [0.25, 0.3) is 0 Å². The van der Waals surface area contributed by atoms with E-state index in [-0.39, 0.29) is 13.2 Å². The molecule has 0 saturated heterocycles. The number of aliphatic hydroxyl groups is 2. The van der Waals surface area contributed by atoms with Crippen LogP contribution in [0.3, 0.4) is 0 Å². The van der Waals surface area contributed by atoms with Crippen molar-refractivity contribution in [2.45, 2.75) is 18.9 Å². The standard InChI is InChI=1S/C5H14N2O2/c1-2-5(3-8,4-9)7-6/h7-9H,2-4,6H2,1H3. The highest BCUT2D eigenvalue weighted by molar-refractivity contribution is 4.82. The van der Waals surface area contributed by atoms with Gasteiger partial charge in [0.05, 0.1) is 18.8 Å². The predicted octanol–water partition coefficient (Wildman–Crippen LogP) is -1.42. The van der Waals surface area contributed by atoms with Crippen LogP contribution in [0.1, 0.15) is 13.3 Å². The first-order valence-electron chi connectivity index (χ1n) is 2.94. The van der Waals surface area contributed by atoms with E-state index < -0.39 is 5.54 Å². The molecule has 4 heteroatoms. The summed E-state index contributed by atoms with van der Waals surface area (Å²) in [5.41, 5.74) is 1.67. The predicted molar refractivity (Wildman–Crippen MR) is 34.5 cm³/mol. The van der Waals surface area contributed by atoms with Crippen molar-refractivity contribution < 1.29 is 10.2 Å². The number of hydrogen-bond donors (Lipinski definition) is 4. The summed E-state index contributed by atoms with van der Waals surface area (Å²) >= 11 is 0. The highest BCUT2D eigenvalue weighted by Gasteiger charge is 2.23. The monoisotopic (exact) mass is 134 g/mol. The Morgan fingerprint density at radius 2 is 1.89 bits per heavy atom. The second-order valence-electron chi connectivity index (χ2n) is 2.09. The number of hydrazine groups is 1. The lowest BCUT2D eigenvalue weighted by Gasteiger charge is -2.26. The van der Waals surface area contributed by atoms with Gasteiger partial charge in [-0.2, -0.15) is 0 Å². The van der Waals surface area contributed by atoms with Gasteiger partial charge < -0.3 is 10.2 Å². The molecule has 0 aliphatic heterocycles. The fourth-order valence-electron chi connectivity index (χ4n) is 0.467. The van der Waals surface area contributed by atoms with E-state index in [2.05, 4.69) is 5.43 Å². The molecule has 0 heterocycles. The van der Waals surface area contributed by atoms with E-state index in [1.165, 1.54) is 0 Å². The second-order valence-corrected chi connectivity index (χ2v) is 2.09. The van der Waals surface area contributed by atoms with Crippen LogP contribution in [0.2, 0.25) is 0 Å². The summed E-state index contributed by atoms with van der Waals surface area (Å²) in [7, 11) is 0. The largest absolute Gasteiger partial charge is 0.394 e. The maximum absolute atomic E-state index is 8.67. The van der Waals surface area contributed by atoms with Crippen molar-refractivity contribution >= 4 is 0 Å². The lowest BCUT2D eigenvalue weighted by atomic mass is 10.0. The van der Waals surface area contributed by atoms with Gasteiger partial charge in [-0.3, -0.25) is 5.84 Å². The molecule has 0 radical (unpaired) electrons. The van der Waals surface area contributed by atoms with Crippen molar-refractivity contribution in [2.75, 3.05) is 13.2 Å². The fraction of sp³-hybridized carbons (Fsp3) is 1.00. The minimum atomic E-state index is -0.694. The van der Waals surface area contributed by atoms with Gasteiger partial charge in [0, 0.05) is 0 Å². The Morgan fingerprint density at radius 3 is 1.89 bits per heavy atom. The maximum atomic E-state index is 8.67. The van der Waals surface area contributed by atoms with E-state index in [1.54, 1.807) is 0 Å². The van der Waals surface area contributed by atoms with Crippen molar-refractivity contribution in [3.05, 3.63) is 0 Å². The molecule has 0 bridgehead atoms. The van der Waals surface area contributed by atoms with Gasteiger partial charge in [0.2, 0.25) is 0 Å². The summed E-state index contributed by atoms with van der Waals surface area (Å²) in [6.45, 7) is 1.55. The zero-order chi connectivity index (χ0) is 7.33. The molecule has 0 amide bonds. The SMILES string of the molecule is CCC(CO)(CO)NN. The zero-order valence-electron chi connectivity index (χ0n) is 5.59. The average molecular weight is 134 g/mol. The molecule has 0 aliphatic carbocycles. The van der Waals surface area contributed by atoms with Crippen molar-refractivity contribution in [3.63, 3.8) is 0 Å². The summed E-state index contributed by atoms with van der Waals surface area (Å²) in [5, 5.41) is 17.3. The van der Waals surface area contributed by atoms with Gasteiger partial charge in [-0.25, -0.2) is 5.43 Å². The molecule has 0 atom stereocenters. The van der Waals surface area contributed by atoms with E-state index >= 15 is 0 Å². The lowest BCUT2D eigenvalue weighted by molar-refractivity contribution is 0.0882. The maximum Gasteiger partial charge on any atom is 0.0778 e. The van der Waals surface area contributed by atoms with Crippen LogP contribution in [0, 0.1) is 0 Å². The smallest absolute Gasteiger partial charge is 0.0778 e. The minimum Gasteiger partial charge on any atom is -0.394 e. The third-order valence-corrected chi connectivity index (χ3v) is 1.59. The molecule has 0 aromatic heterocycles. The van der Waals surface area contributed by atoms with Gasteiger partial charge in [-0.1, -0.05) is 6.92 Å². The summed E-state index contributed by atoms with van der Waals surface area (Å²) < 4.78 is 0. The molecule has 0 aromatic carbocycles. The minimum absolute atomic E-state index is 0.142. The fourth-order valence-corrected chi connectivity index (χ4v) is 0.467. The van der Waals surface area contributed by atoms with Crippen molar-refractivity contribution in [3.8, 4) is 0 Å². The topological polar surface area (TPSA) is 78.5 Å². The highest BCUT2D eigenvalue weighted by atomic mass is 16.3. The van der Waals surface area contributed by atoms with E-state index in [4.69, 9.17) is 16.1 Å². The molecule has 0 aliphatic rings. The second kappa shape index (κ2) is 3.79. The Morgan fingerprint density at radius 1 is 1.44 bits per heavy atom. The van der Waals surface area contributed by atoms with Crippen LogP contribution in [-0.2, 0) is 0 Å². The van der Waals surface area contributed by atoms with Crippen LogP contribution in [0.15, 0.2) is 0 Å². The Balaban J connectivity index is 3.82. The Kier molecular flexibility index (Phi) is 3.72. The summed E-state index contributed by atoms with van der Waals surface area (Å²) in [6, 6.07) is 0. The highest BCUT2D eigenvalue weighted by Crippen LogP contribution is 2.04. The van der Waals surface area contributed by atoms with E-state index in [0.29, 0.717) is 6.42 Å². The summed E-state index contributed by atoms with van der Waals surface area (Å²) in [6.07, 6.45) is 0.608. The van der Waals surface area contributed by atoms with Crippen molar-refractivity contribution in [2.24, 2.45) is 5.84 Å². The normalized spacial score (nSPS) is 12.0. The van der Waals surface area contributed by atoms with Crippen molar-refractivity contribution in [1.82, 2.24) is 5.43 Å². The van der Waals surface area contributed by atoms with Crippen molar-refractivity contribution in [1.29, 1.82) is 0 Å². The van der Waals surface area contributed by atoms with Crippen LogP contribution in [0.4, 0.5) is 0 Å². The Bertz CT molecular complexity index is 55.8. The molecular weight excluding hydrogens is 120 g/mol. The van der Waals surface area contributed by atoms with Gasteiger partial charge in [0.15, 0.2) is 0 Å². The number of rotatable bonds is 4. The van der Waals surface area contributed by atoms with Crippen LogP contribution >= 0.6 is 0 Å².